The smallest absolute Gasteiger partial charge is 0.0562 e. The van der Waals surface area contributed by atoms with E-state index in [1.807, 2.05) is 0 Å². The van der Waals surface area contributed by atoms with E-state index in [0.717, 1.165) is 22.7 Å². The molecule has 60 heavy (non-hydrogen) atoms. The van der Waals surface area contributed by atoms with Crippen molar-refractivity contribution in [2.24, 2.45) is 0 Å². The summed E-state index contributed by atoms with van der Waals surface area (Å²) in [5.74, 6) is 0. The van der Waals surface area contributed by atoms with Crippen LogP contribution < -0.4 is 4.90 Å². The zero-order valence-electron chi connectivity index (χ0n) is 33.5. The summed E-state index contributed by atoms with van der Waals surface area (Å²) >= 11 is 0. The van der Waals surface area contributed by atoms with Gasteiger partial charge >= 0.3 is 0 Å². The van der Waals surface area contributed by atoms with Gasteiger partial charge in [-0.3, -0.25) is 0 Å². The van der Waals surface area contributed by atoms with Crippen molar-refractivity contribution in [1.29, 1.82) is 0 Å². The zero-order valence-corrected chi connectivity index (χ0v) is 33.5. The predicted octanol–water partition coefficient (Wildman–Crippen LogP) is 15.3. The SMILES string of the molecule is CC1(C)c2ccccc2-c2ccc(-n3c4ccccc4c4c(N(c5ccc(-c6ccccc6)cc5)c5ccc6c7ccccc7n(-c7ccccc7)c6c5)cccc43)cc21. The van der Waals surface area contributed by atoms with Crippen molar-refractivity contribution in [1.82, 2.24) is 9.13 Å². The van der Waals surface area contributed by atoms with E-state index in [1.165, 1.54) is 82.7 Å². The molecule has 0 radical (unpaired) electrons. The summed E-state index contributed by atoms with van der Waals surface area (Å²) in [5, 5.41) is 4.91. The Hall–Kier alpha value is -7.62. The molecule has 284 valence electrons. The fourth-order valence-corrected chi connectivity index (χ4v) is 10.1. The average molecular weight is 768 g/mol. The highest BCUT2D eigenvalue weighted by Gasteiger charge is 2.35. The highest BCUT2D eigenvalue weighted by atomic mass is 15.2. The number of hydrogen-bond donors (Lipinski definition) is 0. The van der Waals surface area contributed by atoms with Crippen molar-refractivity contribution < 1.29 is 0 Å². The monoisotopic (exact) mass is 767 g/mol. The third-order valence-electron chi connectivity index (χ3n) is 12.9. The first-order valence-electron chi connectivity index (χ1n) is 20.9. The van der Waals surface area contributed by atoms with Crippen LogP contribution in [-0.2, 0) is 5.41 Å². The average Bonchev–Trinajstić information content (AvgIpc) is 3.90. The molecule has 0 amide bonds. The molecule has 0 aliphatic heterocycles. The van der Waals surface area contributed by atoms with Crippen LogP contribution in [0.25, 0.3) is 77.2 Å². The Morgan fingerprint density at radius 1 is 0.367 bits per heavy atom. The highest BCUT2D eigenvalue weighted by molar-refractivity contribution is 6.17. The molecule has 0 unspecified atom stereocenters. The van der Waals surface area contributed by atoms with Crippen LogP contribution in [0.2, 0.25) is 0 Å². The van der Waals surface area contributed by atoms with E-state index < -0.39 is 0 Å². The lowest BCUT2D eigenvalue weighted by Crippen LogP contribution is -2.15. The molecule has 0 spiro atoms. The van der Waals surface area contributed by atoms with E-state index in [-0.39, 0.29) is 5.41 Å². The Morgan fingerprint density at radius 2 is 0.950 bits per heavy atom. The van der Waals surface area contributed by atoms with Crippen molar-refractivity contribution in [2.75, 3.05) is 4.90 Å². The summed E-state index contributed by atoms with van der Waals surface area (Å²) in [6.45, 7) is 4.72. The minimum absolute atomic E-state index is 0.102. The Labute approximate surface area is 349 Å². The summed E-state index contributed by atoms with van der Waals surface area (Å²) < 4.78 is 4.88. The summed E-state index contributed by atoms with van der Waals surface area (Å²) in [7, 11) is 0. The molecule has 3 heteroatoms. The quantitative estimate of drug-likeness (QED) is 0.164. The Kier molecular flexibility index (Phi) is 7.58. The van der Waals surface area contributed by atoms with Gasteiger partial charge in [0.1, 0.15) is 0 Å². The summed E-state index contributed by atoms with van der Waals surface area (Å²) in [6, 6.07) is 77.9. The Balaban J connectivity index is 1.11. The van der Waals surface area contributed by atoms with Crippen molar-refractivity contribution >= 4 is 60.7 Å². The number of rotatable bonds is 6. The van der Waals surface area contributed by atoms with Crippen molar-refractivity contribution in [3.8, 4) is 33.6 Å². The van der Waals surface area contributed by atoms with Crippen molar-refractivity contribution in [3.63, 3.8) is 0 Å². The molecule has 1 aliphatic carbocycles. The van der Waals surface area contributed by atoms with E-state index in [2.05, 4.69) is 240 Å². The second-order valence-corrected chi connectivity index (χ2v) is 16.6. The largest absolute Gasteiger partial charge is 0.310 e. The predicted molar refractivity (Wildman–Crippen MR) is 253 cm³/mol. The molecule has 12 rings (SSSR count). The van der Waals surface area contributed by atoms with Crippen molar-refractivity contribution in [2.45, 2.75) is 19.3 Å². The summed E-state index contributed by atoms with van der Waals surface area (Å²) in [6.07, 6.45) is 0. The molecule has 11 aromatic rings. The molecule has 0 bridgehead atoms. The first-order chi connectivity index (χ1) is 29.5. The standard InChI is InChI=1S/C57H41N3/c1-57(2)49-23-12-9-20-44(49)45-34-32-42(36-50(45)57)60-52-25-14-11-22-48(52)56-53(26-15-27-54(56)60)58(41-30-28-39(29-31-41)38-16-5-3-6-17-38)43-33-35-47-46-21-10-13-24-51(46)59(55(47)37-43)40-18-7-4-8-19-40/h3-37H,1-2H3. The molecule has 1 aliphatic rings. The van der Waals surface area contributed by atoms with Gasteiger partial charge in [0.2, 0.25) is 0 Å². The molecule has 0 fully saturated rings. The lowest BCUT2D eigenvalue weighted by molar-refractivity contribution is 0.660. The van der Waals surface area contributed by atoms with Crippen LogP contribution in [0, 0.1) is 0 Å². The molecule has 3 nitrogen and oxygen atoms in total. The lowest BCUT2D eigenvalue weighted by atomic mass is 9.82. The second kappa shape index (κ2) is 13.2. The first-order valence-corrected chi connectivity index (χ1v) is 20.9. The highest BCUT2D eigenvalue weighted by Crippen LogP contribution is 2.50. The van der Waals surface area contributed by atoms with Crippen LogP contribution in [0.4, 0.5) is 17.1 Å². The van der Waals surface area contributed by atoms with Crippen LogP contribution in [0.1, 0.15) is 25.0 Å². The topological polar surface area (TPSA) is 13.1 Å². The Morgan fingerprint density at radius 3 is 1.75 bits per heavy atom. The van der Waals surface area contributed by atoms with Crippen LogP contribution in [0.5, 0.6) is 0 Å². The van der Waals surface area contributed by atoms with Crippen LogP contribution >= 0.6 is 0 Å². The molecule has 9 aromatic carbocycles. The van der Waals surface area contributed by atoms with Gasteiger partial charge in [-0.25, -0.2) is 0 Å². The van der Waals surface area contributed by atoms with Gasteiger partial charge in [0.25, 0.3) is 0 Å². The maximum Gasteiger partial charge on any atom is 0.0562 e. The molecule has 0 atom stereocenters. The zero-order chi connectivity index (χ0) is 40.0. The van der Waals surface area contributed by atoms with Gasteiger partial charge in [-0.05, 0) is 106 Å². The normalized spacial score (nSPS) is 13.0. The number of aromatic nitrogens is 2. The number of para-hydroxylation sites is 3. The third-order valence-corrected chi connectivity index (χ3v) is 12.9. The second-order valence-electron chi connectivity index (χ2n) is 16.6. The first kappa shape index (κ1) is 34.4. The number of hydrogen-bond acceptors (Lipinski definition) is 1. The van der Waals surface area contributed by atoms with Crippen LogP contribution in [-0.4, -0.2) is 9.13 Å². The van der Waals surface area contributed by atoms with Gasteiger partial charge in [-0.15, -0.1) is 0 Å². The maximum atomic E-state index is 2.47. The van der Waals surface area contributed by atoms with Gasteiger partial charge in [0.05, 0.1) is 27.8 Å². The number of anilines is 3. The minimum atomic E-state index is -0.102. The van der Waals surface area contributed by atoms with E-state index >= 15 is 0 Å². The van der Waals surface area contributed by atoms with E-state index in [1.54, 1.807) is 0 Å². The number of benzene rings is 9. The fourth-order valence-electron chi connectivity index (χ4n) is 10.1. The molecule has 0 saturated carbocycles. The molecule has 2 heterocycles. The van der Waals surface area contributed by atoms with Crippen LogP contribution in [0.3, 0.4) is 0 Å². The molecule has 2 aromatic heterocycles. The minimum Gasteiger partial charge on any atom is -0.310 e. The molecule has 0 saturated heterocycles. The van der Waals surface area contributed by atoms with Gasteiger partial charge < -0.3 is 14.0 Å². The van der Waals surface area contributed by atoms with Crippen molar-refractivity contribution in [3.05, 3.63) is 223 Å². The van der Waals surface area contributed by atoms with E-state index in [9.17, 15) is 0 Å². The fraction of sp³-hybridized carbons (Fsp3) is 0.0526. The van der Waals surface area contributed by atoms with Crippen LogP contribution in [0.15, 0.2) is 212 Å². The van der Waals surface area contributed by atoms with Gasteiger partial charge in [0.15, 0.2) is 0 Å². The number of fused-ring (bicyclic) bond motifs is 9. The van der Waals surface area contributed by atoms with Gasteiger partial charge in [-0.1, -0.05) is 153 Å². The van der Waals surface area contributed by atoms with Gasteiger partial charge in [0, 0.05) is 49.7 Å². The third kappa shape index (κ3) is 5.09. The lowest BCUT2D eigenvalue weighted by Gasteiger charge is -2.27. The van der Waals surface area contributed by atoms with E-state index in [0.29, 0.717) is 0 Å². The summed E-state index contributed by atoms with van der Waals surface area (Å²) in [5.41, 5.74) is 18.1. The Bertz CT molecular complexity index is 3440. The van der Waals surface area contributed by atoms with Gasteiger partial charge in [-0.2, -0.15) is 0 Å². The number of nitrogens with zero attached hydrogens (tertiary/aromatic N) is 3. The molecular formula is C57H41N3. The van der Waals surface area contributed by atoms with E-state index in [4.69, 9.17) is 0 Å². The molecule has 0 N–H and O–H groups in total. The summed E-state index contributed by atoms with van der Waals surface area (Å²) in [4.78, 5) is 2.46. The maximum absolute atomic E-state index is 2.47. The molecular weight excluding hydrogens is 727 g/mol.